The van der Waals surface area contributed by atoms with E-state index in [0.717, 1.165) is 28.3 Å². The van der Waals surface area contributed by atoms with Crippen LogP contribution in [-0.2, 0) is 28.3 Å². The molecule has 164 valence electrons. The highest BCUT2D eigenvalue weighted by molar-refractivity contribution is 7.94. The fraction of sp³-hybridized carbons (Fsp3) is 0.250. The van der Waals surface area contributed by atoms with Gasteiger partial charge < -0.3 is 0 Å². The van der Waals surface area contributed by atoms with Crippen molar-refractivity contribution in [2.75, 3.05) is 4.72 Å². The molecule has 0 unspecified atom stereocenters. The molecular weight excluding hydrogens is 438 g/mol. The maximum atomic E-state index is 12.6. The van der Waals surface area contributed by atoms with Crippen LogP contribution in [0.1, 0.15) is 33.7 Å². The molecule has 1 aromatic carbocycles. The van der Waals surface area contributed by atoms with Gasteiger partial charge in [0.25, 0.3) is 15.9 Å². The van der Waals surface area contributed by atoms with E-state index in [1.54, 1.807) is 28.3 Å². The molecule has 11 heteroatoms. The van der Waals surface area contributed by atoms with Crippen LogP contribution in [0.15, 0.2) is 46.0 Å². The van der Waals surface area contributed by atoms with Gasteiger partial charge in [0.1, 0.15) is 4.21 Å². The fourth-order valence-corrected chi connectivity index (χ4v) is 5.13. The maximum absolute atomic E-state index is 12.6. The van der Waals surface area contributed by atoms with E-state index in [-0.39, 0.29) is 27.8 Å². The van der Waals surface area contributed by atoms with Crippen LogP contribution < -0.4 is 15.6 Å². The van der Waals surface area contributed by atoms with Crippen molar-refractivity contribution in [3.8, 4) is 0 Å². The predicted molar refractivity (Wildman–Crippen MR) is 118 cm³/mol. The number of hydrogen-bond donors (Lipinski definition) is 3. The van der Waals surface area contributed by atoms with Gasteiger partial charge in [0, 0.05) is 19.2 Å². The Labute approximate surface area is 184 Å². The summed E-state index contributed by atoms with van der Waals surface area (Å²) in [6.45, 7) is 3.82. The van der Waals surface area contributed by atoms with Crippen LogP contribution in [0.2, 0.25) is 0 Å². The molecule has 3 aromatic rings. The number of carbonyl (C=O) groups excluding carboxylic acids is 2. The zero-order chi connectivity index (χ0) is 22.6. The number of aryl methyl sites for hydroxylation is 2. The van der Waals surface area contributed by atoms with Crippen LogP contribution in [0, 0.1) is 13.8 Å². The van der Waals surface area contributed by atoms with Crippen molar-refractivity contribution in [2.24, 2.45) is 7.05 Å². The number of thiophene rings is 1. The standard InChI is InChI=1S/C20H23N5O4S2/c1-13-15(14(2)25(3)23-13)10-11-18(26)21-22-20(27)16-7-4-5-8-17(16)24-31(28,29)19-9-6-12-30-19/h4-9,12,24H,10-11H2,1-3H3,(H,21,26)(H,22,27). The molecule has 31 heavy (non-hydrogen) atoms. The molecule has 0 saturated carbocycles. The second-order valence-electron chi connectivity index (χ2n) is 6.86. The first-order valence-corrected chi connectivity index (χ1v) is 11.8. The van der Waals surface area contributed by atoms with Gasteiger partial charge in [0.15, 0.2) is 0 Å². The number of nitrogens with zero attached hydrogens (tertiary/aromatic N) is 2. The third-order valence-electron chi connectivity index (χ3n) is 4.75. The van der Waals surface area contributed by atoms with Crippen molar-refractivity contribution in [1.29, 1.82) is 0 Å². The van der Waals surface area contributed by atoms with Crippen LogP contribution in [-0.4, -0.2) is 30.0 Å². The summed E-state index contributed by atoms with van der Waals surface area (Å²) in [5.74, 6) is -1.00. The molecule has 0 aliphatic heterocycles. The predicted octanol–water partition coefficient (Wildman–Crippen LogP) is 2.29. The van der Waals surface area contributed by atoms with E-state index >= 15 is 0 Å². The molecule has 0 spiro atoms. The van der Waals surface area contributed by atoms with Crippen molar-refractivity contribution in [3.05, 3.63) is 64.3 Å². The molecule has 0 atom stereocenters. The smallest absolute Gasteiger partial charge is 0.271 e. The number of nitrogens with one attached hydrogen (secondary N) is 3. The number of anilines is 1. The third kappa shape index (κ3) is 5.30. The number of sulfonamides is 1. The van der Waals surface area contributed by atoms with E-state index in [1.807, 2.05) is 20.9 Å². The van der Waals surface area contributed by atoms with Gasteiger partial charge in [0.2, 0.25) is 5.91 Å². The summed E-state index contributed by atoms with van der Waals surface area (Å²) in [6, 6.07) is 9.27. The molecule has 0 aliphatic carbocycles. The Morgan fingerprint density at radius 3 is 2.48 bits per heavy atom. The number of rotatable bonds is 7. The zero-order valence-corrected chi connectivity index (χ0v) is 18.9. The van der Waals surface area contributed by atoms with Crippen LogP contribution >= 0.6 is 11.3 Å². The van der Waals surface area contributed by atoms with Crippen LogP contribution in [0.5, 0.6) is 0 Å². The Kier molecular flexibility index (Phi) is 6.76. The van der Waals surface area contributed by atoms with Gasteiger partial charge in [0.05, 0.1) is 16.9 Å². The molecule has 0 saturated heterocycles. The van der Waals surface area contributed by atoms with Gasteiger partial charge in [-0.25, -0.2) is 8.42 Å². The highest BCUT2D eigenvalue weighted by Crippen LogP contribution is 2.22. The number of para-hydroxylation sites is 1. The van der Waals surface area contributed by atoms with Crippen LogP contribution in [0.25, 0.3) is 0 Å². The summed E-state index contributed by atoms with van der Waals surface area (Å²) in [4.78, 5) is 24.7. The zero-order valence-electron chi connectivity index (χ0n) is 17.3. The van der Waals surface area contributed by atoms with E-state index < -0.39 is 15.9 Å². The van der Waals surface area contributed by atoms with Crippen molar-refractivity contribution in [2.45, 2.75) is 30.9 Å². The molecule has 3 rings (SSSR count). The summed E-state index contributed by atoms with van der Waals surface area (Å²) in [5.41, 5.74) is 7.76. The lowest BCUT2D eigenvalue weighted by Crippen LogP contribution is -2.42. The number of amides is 2. The maximum Gasteiger partial charge on any atom is 0.271 e. The van der Waals surface area contributed by atoms with Gasteiger partial charge in [-0.15, -0.1) is 11.3 Å². The molecule has 0 fully saturated rings. The average Bonchev–Trinajstić information content (AvgIpc) is 3.35. The minimum Gasteiger partial charge on any atom is -0.278 e. The van der Waals surface area contributed by atoms with Crippen molar-refractivity contribution < 1.29 is 18.0 Å². The molecule has 2 amide bonds. The van der Waals surface area contributed by atoms with Crippen LogP contribution in [0.3, 0.4) is 0 Å². The van der Waals surface area contributed by atoms with E-state index in [9.17, 15) is 18.0 Å². The quantitative estimate of drug-likeness (QED) is 0.466. The summed E-state index contributed by atoms with van der Waals surface area (Å²) < 4.78 is 29.3. The average molecular weight is 462 g/mol. The molecular formula is C20H23N5O4S2. The number of hydrazine groups is 1. The number of aromatic nitrogens is 2. The number of benzene rings is 1. The minimum atomic E-state index is -3.81. The van der Waals surface area contributed by atoms with Crippen molar-refractivity contribution in [1.82, 2.24) is 20.6 Å². The fourth-order valence-electron chi connectivity index (χ4n) is 3.06. The third-order valence-corrected chi connectivity index (χ3v) is 7.52. The first-order chi connectivity index (χ1) is 14.7. The number of carbonyl (C=O) groups is 2. The molecule has 0 bridgehead atoms. The molecule has 2 heterocycles. The van der Waals surface area contributed by atoms with E-state index in [0.29, 0.717) is 6.42 Å². The summed E-state index contributed by atoms with van der Waals surface area (Å²) in [6.07, 6.45) is 0.657. The molecule has 9 nitrogen and oxygen atoms in total. The molecule has 3 N–H and O–H groups in total. The summed E-state index contributed by atoms with van der Waals surface area (Å²) >= 11 is 1.07. The van der Waals surface area contributed by atoms with Crippen LogP contribution in [0.4, 0.5) is 5.69 Å². The lowest BCUT2D eigenvalue weighted by molar-refractivity contribution is -0.121. The van der Waals surface area contributed by atoms with Gasteiger partial charge in [-0.2, -0.15) is 5.10 Å². The normalized spacial score (nSPS) is 11.2. The van der Waals surface area contributed by atoms with E-state index in [2.05, 4.69) is 20.7 Å². The molecule has 0 aliphatic rings. The van der Waals surface area contributed by atoms with Gasteiger partial charge in [-0.05, 0) is 49.4 Å². The SMILES string of the molecule is Cc1nn(C)c(C)c1CCC(=O)NNC(=O)c1ccccc1NS(=O)(=O)c1cccs1. The number of hydrogen-bond acceptors (Lipinski definition) is 6. The lowest BCUT2D eigenvalue weighted by atomic mass is 10.1. The Hall–Kier alpha value is -3.18. The highest BCUT2D eigenvalue weighted by atomic mass is 32.2. The first-order valence-electron chi connectivity index (χ1n) is 9.42. The first kappa shape index (κ1) is 22.5. The summed E-state index contributed by atoms with van der Waals surface area (Å²) in [7, 11) is -1.97. The summed E-state index contributed by atoms with van der Waals surface area (Å²) in [5, 5.41) is 5.97. The van der Waals surface area contributed by atoms with Gasteiger partial charge >= 0.3 is 0 Å². The van der Waals surface area contributed by atoms with Gasteiger partial charge in [-0.3, -0.25) is 29.8 Å². The Morgan fingerprint density at radius 1 is 1.10 bits per heavy atom. The monoisotopic (exact) mass is 461 g/mol. The van der Waals surface area contributed by atoms with Crippen molar-refractivity contribution >= 4 is 38.9 Å². The second kappa shape index (κ2) is 9.31. The molecule has 0 radical (unpaired) electrons. The highest BCUT2D eigenvalue weighted by Gasteiger charge is 2.20. The largest absolute Gasteiger partial charge is 0.278 e. The molecule has 2 aromatic heterocycles. The van der Waals surface area contributed by atoms with Crippen molar-refractivity contribution in [3.63, 3.8) is 0 Å². The van der Waals surface area contributed by atoms with E-state index in [1.165, 1.54) is 18.2 Å². The van der Waals surface area contributed by atoms with Gasteiger partial charge in [-0.1, -0.05) is 18.2 Å². The van der Waals surface area contributed by atoms with E-state index in [4.69, 9.17) is 0 Å². The minimum absolute atomic E-state index is 0.0851. The Morgan fingerprint density at radius 2 is 1.84 bits per heavy atom. The Bertz CT molecular complexity index is 1200. The topological polar surface area (TPSA) is 122 Å². The lowest BCUT2D eigenvalue weighted by Gasteiger charge is -2.12. The second-order valence-corrected chi connectivity index (χ2v) is 9.72. The Balaban J connectivity index is 1.61.